The van der Waals surface area contributed by atoms with Crippen LogP contribution in [0.1, 0.15) is 65.2 Å². The first-order chi connectivity index (χ1) is 10.1. The molecule has 0 aromatic carbocycles. The average molecular weight is 293 g/mol. The van der Waals surface area contributed by atoms with Crippen molar-refractivity contribution in [3.63, 3.8) is 0 Å². The van der Waals surface area contributed by atoms with Crippen LogP contribution >= 0.6 is 0 Å². The molecule has 0 spiro atoms. The van der Waals surface area contributed by atoms with Crippen molar-refractivity contribution in [1.82, 2.24) is 5.32 Å². The van der Waals surface area contributed by atoms with Crippen LogP contribution in [-0.4, -0.2) is 25.2 Å². The van der Waals surface area contributed by atoms with Gasteiger partial charge in [0.15, 0.2) is 0 Å². The van der Waals surface area contributed by atoms with E-state index in [2.05, 4.69) is 19.2 Å². The van der Waals surface area contributed by atoms with Gasteiger partial charge in [-0.25, -0.2) is 0 Å². The SMILES string of the molecule is CCCCOC(=O)CNC(C)C12CC3CC(CC(C3)C1)C2. The fraction of sp³-hybridized carbons (Fsp3) is 0.944. The summed E-state index contributed by atoms with van der Waals surface area (Å²) in [6.07, 6.45) is 10.6. The smallest absolute Gasteiger partial charge is 0.319 e. The van der Waals surface area contributed by atoms with E-state index in [1.54, 1.807) is 0 Å². The minimum absolute atomic E-state index is 0.0833. The standard InChI is InChI=1S/C18H31NO2/c1-3-4-5-21-17(20)12-19-13(2)18-9-14-6-15(10-18)8-16(7-14)11-18/h13-16,19H,3-12H2,1-2H3. The number of hydrogen-bond acceptors (Lipinski definition) is 3. The molecule has 0 saturated heterocycles. The number of hydrogen-bond donors (Lipinski definition) is 1. The van der Waals surface area contributed by atoms with Crippen LogP contribution < -0.4 is 5.32 Å². The minimum Gasteiger partial charge on any atom is -0.465 e. The number of carbonyl (C=O) groups is 1. The zero-order valence-electron chi connectivity index (χ0n) is 13.7. The van der Waals surface area contributed by atoms with Gasteiger partial charge in [-0.05, 0) is 75.0 Å². The largest absolute Gasteiger partial charge is 0.465 e. The van der Waals surface area contributed by atoms with Crippen molar-refractivity contribution in [3.05, 3.63) is 0 Å². The lowest BCUT2D eigenvalue weighted by atomic mass is 9.48. The molecule has 0 heterocycles. The Morgan fingerprint density at radius 3 is 2.29 bits per heavy atom. The highest BCUT2D eigenvalue weighted by atomic mass is 16.5. The molecule has 4 bridgehead atoms. The van der Waals surface area contributed by atoms with Gasteiger partial charge in [0.05, 0.1) is 13.2 Å². The Kier molecular flexibility index (Phi) is 4.58. The number of ether oxygens (including phenoxy) is 1. The molecule has 0 amide bonds. The Labute approximate surface area is 129 Å². The first-order valence-electron chi connectivity index (χ1n) is 9.00. The Morgan fingerprint density at radius 1 is 1.19 bits per heavy atom. The summed E-state index contributed by atoms with van der Waals surface area (Å²) >= 11 is 0. The van der Waals surface area contributed by atoms with Crippen molar-refractivity contribution >= 4 is 5.97 Å². The lowest BCUT2D eigenvalue weighted by molar-refractivity contribution is -0.143. The van der Waals surface area contributed by atoms with E-state index in [1.807, 2.05) is 0 Å². The molecule has 3 nitrogen and oxygen atoms in total. The van der Waals surface area contributed by atoms with Gasteiger partial charge in [-0.1, -0.05) is 13.3 Å². The molecule has 0 aliphatic heterocycles. The maximum atomic E-state index is 11.8. The monoisotopic (exact) mass is 293 g/mol. The normalized spacial score (nSPS) is 38.5. The van der Waals surface area contributed by atoms with Crippen molar-refractivity contribution in [2.24, 2.45) is 23.2 Å². The summed E-state index contributed by atoms with van der Waals surface area (Å²) in [5.41, 5.74) is 0.471. The van der Waals surface area contributed by atoms with E-state index in [1.165, 1.54) is 38.5 Å². The zero-order chi connectivity index (χ0) is 14.9. The highest BCUT2D eigenvalue weighted by Gasteiger charge is 2.52. The molecule has 0 aromatic heterocycles. The molecule has 4 saturated carbocycles. The van der Waals surface area contributed by atoms with Crippen molar-refractivity contribution in [3.8, 4) is 0 Å². The molecular weight excluding hydrogens is 262 g/mol. The van der Waals surface area contributed by atoms with E-state index in [0.29, 0.717) is 24.6 Å². The van der Waals surface area contributed by atoms with Gasteiger partial charge < -0.3 is 10.1 Å². The van der Waals surface area contributed by atoms with Crippen LogP contribution in [0.4, 0.5) is 0 Å². The van der Waals surface area contributed by atoms with E-state index < -0.39 is 0 Å². The van der Waals surface area contributed by atoms with Crippen LogP contribution in [0.3, 0.4) is 0 Å². The molecule has 3 heteroatoms. The molecule has 4 aliphatic rings. The summed E-state index contributed by atoms with van der Waals surface area (Å²) in [5.74, 6) is 2.83. The van der Waals surface area contributed by atoms with Crippen molar-refractivity contribution in [1.29, 1.82) is 0 Å². The van der Waals surface area contributed by atoms with E-state index in [-0.39, 0.29) is 5.97 Å². The minimum atomic E-state index is -0.0833. The first kappa shape index (κ1) is 15.3. The predicted octanol–water partition coefficient (Wildman–Crippen LogP) is 3.52. The van der Waals surface area contributed by atoms with Crippen LogP contribution in [0.15, 0.2) is 0 Å². The lowest BCUT2D eigenvalue weighted by Crippen LogP contribution is -2.55. The number of esters is 1. The average Bonchev–Trinajstić information content (AvgIpc) is 2.43. The molecule has 21 heavy (non-hydrogen) atoms. The number of nitrogens with one attached hydrogen (secondary N) is 1. The van der Waals surface area contributed by atoms with Gasteiger partial charge in [0.1, 0.15) is 0 Å². The summed E-state index contributed by atoms with van der Waals surface area (Å²) in [4.78, 5) is 11.8. The van der Waals surface area contributed by atoms with Crippen molar-refractivity contribution in [2.45, 2.75) is 71.3 Å². The molecule has 4 aliphatic carbocycles. The van der Waals surface area contributed by atoms with Gasteiger partial charge in [-0.2, -0.15) is 0 Å². The number of unbranched alkanes of at least 4 members (excludes halogenated alkanes) is 1. The summed E-state index contributed by atoms with van der Waals surface area (Å²) in [7, 11) is 0. The number of rotatable bonds is 7. The molecule has 4 fully saturated rings. The van der Waals surface area contributed by atoms with Crippen LogP contribution in [0.5, 0.6) is 0 Å². The lowest BCUT2D eigenvalue weighted by Gasteiger charge is -2.59. The van der Waals surface area contributed by atoms with Gasteiger partial charge >= 0.3 is 5.97 Å². The quantitative estimate of drug-likeness (QED) is 0.576. The third-order valence-corrected chi connectivity index (χ3v) is 6.32. The van der Waals surface area contributed by atoms with Gasteiger partial charge in [0, 0.05) is 6.04 Å². The predicted molar refractivity (Wildman–Crippen MR) is 83.9 cm³/mol. The second kappa shape index (κ2) is 6.28. The summed E-state index contributed by atoms with van der Waals surface area (Å²) < 4.78 is 5.25. The van der Waals surface area contributed by atoms with Gasteiger partial charge in [-0.15, -0.1) is 0 Å². The Balaban J connectivity index is 1.49. The zero-order valence-corrected chi connectivity index (χ0v) is 13.7. The van der Waals surface area contributed by atoms with Crippen LogP contribution in [0.2, 0.25) is 0 Å². The molecule has 1 N–H and O–H groups in total. The molecule has 120 valence electrons. The van der Waals surface area contributed by atoms with E-state index in [4.69, 9.17) is 4.74 Å². The van der Waals surface area contributed by atoms with Crippen molar-refractivity contribution in [2.75, 3.05) is 13.2 Å². The van der Waals surface area contributed by atoms with Crippen LogP contribution in [0.25, 0.3) is 0 Å². The molecule has 0 aromatic rings. The summed E-state index contributed by atoms with van der Waals surface area (Å²) in [5, 5.41) is 3.49. The first-order valence-corrected chi connectivity index (χ1v) is 9.00. The molecule has 1 unspecified atom stereocenters. The van der Waals surface area contributed by atoms with Gasteiger partial charge in [0.2, 0.25) is 0 Å². The summed E-state index contributed by atoms with van der Waals surface area (Å²) in [6, 6.07) is 0.449. The molecule has 1 atom stereocenters. The Morgan fingerprint density at radius 2 is 1.76 bits per heavy atom. The van der Waals surface area contributed by atoms with Crippen LogP contribution in [-0.2, 0) is 9.53 Å². The highest BCUT2D eigenvalue weighted by molar-refractivity contribution is 5.71. The van der Waals surface area contributed by atoms with E-state index in [9.17, 15) is 4.79 Å². The molecule has 4 rings (SSSR count). The van der Waals surface area contributed by atoms with Crippen LogP contribution in [0, 0.1) is 23.2 Å². The maximum Gasteiger partial charge on any atom is 0.319 e. The second-order valence-corrected chi connectivity index (χ2v) is 7.96. The topological polar surface area (TPSA) is 38.3 Å². The fourth-order valence-electron chi connectivity index (χ4n) is 5.54. The highest BCUT2D eigenvalue weighted by Crippen LogP contribution is 2.61. The van der Waals surface area contributed by atoms with Gasteiger partial charge in [0.25, 0.3) is 0 Å². The summed E-state index contributed by atoms with van der Waals surface area (Å²) in [6.45, 7) is 5.36. The number of carbonyl (C=O) groups excluding carboxylic acids is 1. The van der Waals surface area contributed by atoms with E-state index >= 15 is 0 Å². The fourth-order valence-corrected chi connectivity index (χ4v) is 5.54. The molecular formula is C18H31NO2. The Hall–Kier alpha value is -0.570. The van der Waals surface area contributed by atoms with E-state index in [0.717, 1.165) is 30.6 Å². The maximum absolute atomic E-state index is 11.8. The Bertz CT molecular complexity index is 344. The van der Waals surface area contributed by atoms with Crippen molar-refractivity contribution < 1.29 is 9.53 Å². The van der Waals surface area contributed by atoms with Gasteiger partial charge in [-0.3, -0.25) is 4.79 Å². The third-order valence-electron chi connectivity index (χ3n) is 6.32. The molecule has 0 radical (unpaired) electrons. The second-order valence-electron chi connectivity index (χ2n) is 7.96. The third kappa shape index (κ3) is 3.28.